The highest BCUT2D eigenvalue weighted by atomic mass is 79.9. The zero-order valence-corrected chi connectivity index (χ0v) is 12.5. The third kappa shape index (κ3) is 1.79. The summed E-state index contributed by atoms with van der Waals surface area (Å²) in [5.41, 5.74) is 2.60. The molecule has 102 valence electrons. The number of nitrogens with zero attached hydrogens (tertiary/aromatic N) is 2. The molecule has 2 aromatic rings. The first kappa shape index (κ1) is 13.1. The number of amides is 1. The standard InChI is InChI=1S/C14H11BrN2O3/c1-7-9(8(2)20-16-7)6-17-11-5-3-4-10(15)12(11)13(18)14(17)19/h3-5H,6H2,1-2H3. The zero-order chi connectivity index (χ0) is 14.4. The third-order valence-corrected chi connectivity index (χ3v) is 4.11. The molecule has 1 aromatic carbocycles. The van der Waals surface area contributed by atoms with Gasteiger partial charge in [-0.3, -0.25) is 9.59 Å². The van der Waals surface area contributed by atoms with Crippen molar-refractivity contribution in [1.29, 1.82) is 0 Å². The van der Waals surface area contributed by atoms with E-state index in [1.165, 1.54) is 4.90 Å². The Morgan fingerprint density at radius 1 is 1.30 bits per heavy atom. The van der Waals surface area contributed by atoms with Crippen LogP contribution in [0.3, 0.4) is 0 Å². The van der Waals surface area contributed by atoms with Gasteiger partial charge in [0.1, 0.15) is 5.76 Å². The van der Waals surface area contributed by atoms with Crippen molar-refractivity contribution in [2.24, 2.45) is 0 Å². The predicted octanol–water partition coefficient (Wildman–Crippen LogP) is 2.78. The van der Waals surface area contributed by atoms with Gasteiger partial charge in [-0.05, 0) is 41.9 Å². The number of aryl methyl sites for hydroxylation is 2. The number of ketones is 1. The lowest BCUT2D eigenvalue weighted by atomic mass is 10.1. The monoisotopic (exact) mass is 334 g/mol. The molecule has 1 amide bonds. The van der Waals surface area contributed by atoms with E-state index in [2.05, 4.69) is 21.1 Å². The van der Waals surface area contributed by atoms with Crippen LogP contribution < -0.4 is 4.90 Å². The number of fused-ring (bicyclic) bond motifs is 1. The second kappa shape index (κ2) is 4.56. The summed E-state index contributed by atoms with van der Waals surface area (Å²) in [6.45, 7) is 3.89. The number of benzene rings is 1. The van der Waals surface area contributed by atoms with E-state index in [9.17, 15) is 9.59 Å². The lowest BCUT2D eigenvalue weighted by Gasteiger charge is -2.16. The normalized spacial score (nSPS) is 14.1. The molecule has 0 saturated carbocycles. The van der Waals surface area contributed by atoms with Crippen LogP contribution in [0.25, 0.3) is 0 Å². The minimum Gasteiger partial charge on any atom is -0.361 e. The first-order chi connectivity index (χ1) is 9.50. The fourth-order valence-electron chi connectivity index (χ4n) is 2.34. The fourth-order valence-corrected chi connectivity index (χ4v) is 2.88. The molecule has 6 heteroatoms. The molecule has 0 unspecified atom stereocenters. The Morgan fingerprint density at radius 2 is 2.05 bits per heavy atom. The number of carbonyl (C=O) groups is 2. The molecule has 0 N–H and O–H groups in total. The Balaban J connectivity index is 2.07. The number of Topliss-reactive ketones (excluding diaryl/α,β-unsaturated/α-hetero) is 1. The summed E-state index contributed by atoms with van der Waals surface area (Å²) in [4.78, 5) is 25.7. The molecular weight excluding hydrogens is 324 g/mol. The van der Waals surface area contributed by atoms with E-state index < -0.39 is 11.7 Å². The Bertz CT molecular complexity index is 717. The van der Waals surface area contributed by atoms with E-state index in [0.29, 0.717) is 21.5 Å². The number of halogens is 1. The molecule has 5 nitrogen and oxygen atoms in total. The molecule has 3 rings (SSSR count). The summed E-state index contributed by atoms with van der Waals surface area (Å²) in [5, 5.41) is 3.87. The van der Waals surface area contributed by atoms with E-state index in [1.54, 1.807) is 25.1 Å². The number of anilines is 1. The van der Waals surface area contributed by atoms with Crippen LogP contribution in [0.1, 0.15) is 27.4 Å². The Labute approximate surface area is 123 Å². The Morgan fingerprint density at radius 3 is 2.70 bits per heavy atom. The molecule has 0 bridgehead atoms. The summed E-state index contributed by atoms with van der Waals surface area (Å²) in [7, 11) is 0. The molecule has 0 spiro atoms. The molecule has 0 radical (unpaired) electrons. The van der Waals surface area contributed by atoms with Gasteiger partial charge in [-0.25, -0.2) is 0 Å². The first-order valence-corrected chi connectivity index (χ1v) is 6.86. The summed E-state index contributed by atoms with van der Waals surface area (Å²) in [6, 6.07) is 5.32. The largest absolute Gasteiger partial charge is 0.361 e. The second-order valence-corrected chi connectivity index (χ2v) is 5.51. The van der Waals surface area contributed by atoms with Crippen LogP contribution in [0.15, 0.2) is 27.2 Å². The van der Waals surface area contributed by atoms with E-state index in [4.69, 9.17) is 4.52 Å². The van der Waals surface area contributed by atoms with Crippen molar-refractivity contribution in [3.63, 3.8) is 0 Å². The molecule has 1 aliphatic rings. The first-order valence-electron chi connectivity index (χ1n) is 6.07. The molecular formula is C14H11BrN2O3. The minimum atomic E-state index is -0.521. The molecule has 0 fully saturated rings. The fraction of sp³-hybridized carbons (Fsp3) is 0.214. The third-order valence-electron chi connectivity index (χ3n) is 3.45. The van der Waals surface area contributed by atoms with Gasteiger partial charge >= 0.3 is 0 Å². The van der Waals surface area contributed by atoms with E-state index in [0.717, 1.165) is 11.3 Å². The number of rotatable bonds is 2. The van der Waals surface area contributed by atoms with E-state index >= 15 is 0 Å². The highest BCUT2D eigenvalue weighted by molar-refractivity contribution is 9.10. The minimum absolute atomic E-state index is 0.287. The van der Waals surface area contributed by atoms with Gasteiger partial charge < -0.3 is 9.42 Å². The summed E-state index contributed by atoms with van der Waals surface area (Å²) in [6.07, 6.45) is 0. The highest BCUT2D eigenvalue weighted by Gasteiger charge is 2.37. The van der Waals surface area contributed by atoms with E-state index in [-0.39, 0.29) is 6.54 Å². The predicted molar refractivity (Wildman–Crippen MR) is 75.6 cm³/mol. The maximum absolute atomic E-state index is 12.2. The second-order valence-electron chi connectivity index (χ2n) is 4.66. The van der Waals surface area contributed by atoms with Gasteiger partial charge in [0, 0.05) is 10.0 Å². The van der Waals surface area contributed by atoms with Gasteiger partial charge in [0.25, 0.3) is 11.7 Å². The Kier molecular flexibility index (Phi) is 2.97. The number of hydrogen-bond donors (Lipinski definition) is 0. The lowest BCUT2D eigenvalue weighted by Crippen LogP contribution is -2.29. The van der Waals surface area contributed by atoms with Crippen molar-refractivity contribution in [3.05, 3.63) is 45.3 Å². The van der Waals surface area contributed by atoms with E-state index in [1.807, 2.05) is 6.92 Å². The van der Waals surface area contributed by atoms with Gasteiger partial charge in [0.15, 0.2) is 0 Å². The zero-order valence-electron chi connectivity index (χ0n) is 10.9. The van der Waals surface area contributed by atoms with Crippen LogP contribution in [0.4, 0.5) is 5.69 Å². The molecule has 0 aliphatic carbocycles. The number of hydrogen-bond acceptors (Lipinski definition) is 4. The molecule has 1 aliphatic heterocycles. The van der Waals surface area contributed by atoms with Gasteiger partial charge in [-0.1, -0.05) is 11.2 Å². The highest BCUT2D eigenvalue weighted by Crippen LogP contribution is 2.35. The lowest BCUT2D eigenvalue weighted by molar-refractivity contribution is -0.114. The molecule has 20 heavy (non-hydrogen) atoms. The van der Waals surface area contributed by atoms with Crippen LogP contribution >= 0.6 is 15.9 Å². The van der Waals surface area contributed by atoms with Crippen molar-refractivity contribution in [1.82, 2.24) is 5.16 Å². The number of aromatic nitrogens is 1. The molecule has 0 atom stereocenters. The van der Waals surface area contributed by atoms with Gasteiger partial charge in [-0.2, -0.15) is 0 Å². The van der Waals surface area contributed by atoms with Gasteiger partial charge in [0.05, 0.1) is 23.5 Å². The Hall–Kier alpha value is -1.95. The van der Waals surface area contributed by atoms with Gasteiger partial charge in [0.2, 0.25) is 0 Å². The molecule has 2 heterocycles. The summed E-state index contributed by atoms with van der Waals surface area (Å²) >= 11 is 3.32. The van der Waals surface area contributed by atoms with Crippen LogP contribution in [-0.2, 0) is 11.3 Å². The maximum atomic E-state index is 12.2. The van der Waals surface area contributed by atoms with Crippen molar-refractivity contribution >= 4 is 33.3 Å². The van der Waals surface area contributed by atoms with Gasteiger partial charge in [-0.15, -0.1) is 0 Å². The quantitative estimate of drug-likeness (QED) is 0.792. The van der Waals surface area contributed by atoms with Crippen LogP contribution in [0.2, 0.25) is 0 Å². The van der Waals surface area contributed by atoms with Crippen LogP contribution in [0, 0.1) is 13.8 Å². The average Bonchev–Trinajstić information content (AvgIpc) is 2.85. The van der Waals surface area contributed by atoms with Crippen LogP contribution in [-0.4, -0.2) is 16.8 Å². The average molecular weight is 335 g/mol. The van der Waals surface area contributed by atoms with Crippen LogP contribution in [0.5, 0.6) is 0 Å². The van der Waals surface area contributed by atoms with Crippen molar-refractivity contribution in [2.45, 2.75) is 20.4 Å². The van der Waals surface area contributed by atoms with Crippen molar-refractivity contribution in [3.8, 4) is 0 Å². The molecule has 0 saturated heterocycles. The van der Waals surface area contributed by atoms with Crippen molar-refractivity contribution < 1.29 is 14.1 Å². The smallest absolute Gasteiger partial charge is 0.299 e. The molecule has 1 aromatic heterocycles. The topological polar surface area (TPSA) is 63.4 Å². The van der Waals surface area contributed by atoms with Crippen molar-refractivity contribution in [2.75, 3.05) is 4.90 Å². The SMILES string of the molecule is Cc1noc(C)c1CN1C(=O)C(=O)c2c(Br)cccc21. The summed E-state index contributed by atoms with van der Waals surface area (Å²) < 4.78 is 5.73. The number of carbonyl (C=O) groups excluding carboxylic acids is 2. The maximum Gasteiger partial charge on any atom is 0.299 e. The summed E-state index contributed by atoms with van der Waals surface area (Å²) in [5.74, 6) is -0.350.